The Morgan fingerprint density at radius 3 is 2.32 bits per heavy atom. The lowest BCUT2D eigenvalue weighted by Crippen LogP contribution is -2.16. The van der Waals surface area contributed by atoms with Crippen molar-refractivity contribution in [2.75, 3.05) is 20.8 Å². The van der Waals surface area contributed by atoms with Crippen LogP contribution in [0.3, 0.4) is 0 Å². The molecule has 7 heteroatoms. The molecule has 0 radical (unpaired) electrons. The maximum Gasteiger partial charge on any atom is 0.161 e. The summed E-state index contributed by atoms with van der Waals surface area (Å²) in [4.78, 5) is 0. The summed E-state index contributed by atoms with van der Waals surface area (Å²) in [7, 11) is 3.25. The van der Waals surface area contributed by atoms with E-state index in [1.165, 1.54) is 11.6 Å². The molecule has 0 unspecified atom stereocenters. The molecule has 0 atom stereocenters. The van der Waals surface area contributed by atoms with E-state index in [4.69, 9.17) is 25.8 Å². The fourth-order valence-electron chi connectivity index (χ4n) is 3.02. The van der Waals surface area contributed by atoms with Crippen LogP contribution < -0.4 is 19.5 Å². The summed E-state index contributed by atoms with van der Waals surface area (Å²) in [6.07, 6.45) is 0.922. The van der Waals surface area contributed by atoms with Crippen LogP contribution in [-0.2, 0) is 19.6 Å². The third-order valence-corrected chi connectivity index (χ3v) is 5.09. The molecule has 0 aliphatic heterocycles. The highest BCUT2D eigenvalue weighted by atomic mass is 35.5. The average Bonchev–Trinajstić information content (AvgIpc) is 2.77. The van der Waals surface area contributed by atoms with E-state index in [9.17, 15) is 4.39 Å². The highest BCUT2D eigenvalue weighted by molar-refractivity contribution is 6.31. The van der Waals surface area contributed by atoms with Crippen LogP contribution in [0.5, 0.6) is 17.2 Å². The fraction of sp³-hybridized carbons (Fsp3) is 0.250. The van der Waals surface area contributed by atoms with Crippen LogP contribution in [0.2, 0.25) is 5.02 Å². The van der Waals surface area contributed by atoms with Gasteiger partial charge in [-0.3, -0.25) is 0 Å². The Labute approximate surface area is 193 Å². The fourth-order valence-corrected chi connectivity index (χ4v) is 3.24. The number of ether oxygens (including phenoxy) is 3. The Morgan fingerprint density at radius 2 is 1.65 bits per heavy atom. The molecule has 0 saturated carbocycles. The van der Waals surface area contributed by atoms with E-state index in [0.29, 0.717) is 28.6 Å². The van der Waals surface area contributed by atoms with E-state index < -0.39 is 0 Å². The van der Waals surface area contributed by atoms with Gasteiger partial charge in [-0.05, 0) is 60.5 Å². The first-order valence-corrected chi connectivity index (χ1v) is 10.0. The molecule has 4 nitrogen and oxygen atoms in total. The molecule has 0 fully saturated rings. The van der Waals surface area contributed by atoms with Crippen LogP contribution in [0.15, 0.2) is 60.7 Å². The third-order valence-electron chi connectivity index (χ3n) is 4.74. The quantitative estimate of drug-likeness (QED) is 0.382. The summed E-state index contributed by atoms with van der Waals surface area (Å²) < 4.78 is 30.3. The second kappa shape index (κ2) is 12.4. The predicted molar refractivity (Wildman–Crippen MR) is 124 cm³/mol. The van der Waals surface area contributed by atoms with Gasteiger partial charge in [-0.15, -0.1) is 12.4 Å². The standard InChI is InChI=1S/C24H25ClFNO3.ClH/c1-28-19-9-6-17(7-10-19)12-13-27-15-18-8-11-23(24(14-18)29-2)30-16-20-21(25)4-3-5-22(20)26;/h3-11,14,27H,12-13,15-16H2,1-2H3;1H. The van der Waals surface area contributed by atoms with Crippen molar-refractivity contribution in [1.82, 2.24) is 5.32 Å². The van der Waals surface area contributed by atoms with Crippen LogP contribution in [0, 0.1) is 5.82 Å². The molecule has 0 amide bonds. The molecular formula is C24H26Cl2FNO3. The molecule has 3 rings (SSSR count). The van der Waals surface area contributed by atoms with Crippen molar-refractivity contribution in [1.29, 1.82) is 0 Å². The van der Waals surface area contributed by atoms with Crippen molar-refractivity contribution in [3.63, 3.8) is 0 Å². The number of hydrogen-bond donors (Lipinski definition) is 1. The number of rotatable bonds is 10. The molecule has 3 aromatic carbocycles. The zero-order chi connectivity index (χ0) is 21.3. The maximum absolute atomic E-state index is 13.9. The summed E-state index contributed by atoms with van der Waals surface area (Å²) in [5.41, 5.74) is 2.64. The summed E-state index contributed by atoms with van der Waals surface area (Å²) in [5, 5.41) is 3.77. The van der Waals surface area contributed by atoms with Gasteiger partial charge in [-0.1, -0.05) is 35.9 Å². The van der Waals surface area contributed by atoms with Gasteiger partial charge in [0, 0.05) is 12.1 Å². The normalized spacial score (nSPS) is 10.3. The minimum Gasteiger partial charge on any atom is -0.497 e. The van der Waals surface area contributed by atoms with E-state index in [1.807, 2.05) is 30.3 Å². The number of nitrogens with one attached hydrogen (secondary N) is 1. The molecule has 166 valence electrons. The molecular weight excluding hydrogens is 440 g/mol. The number of hydrogen-bond acceptors (Lipinski definition) is 4. The second-order valence-electron chi connectivity index (χ2n) is 6.75. The molecule has 0 aliphatic carbocycles. The van der Waals surface area contributed by atoms with Crippen LogP contribution in [0.1, 0.15) is 16.7 Å². The zero-order valence-electron chi connectivity index (χ0n) is 17.5. The topological polar surface area (TPSA) is 39.7 Å². The first-order chi connectivity index (χ1) is 14.6. The Balaban J connectivity index is 0.00000341. The SMILES string of the molecule is COc1ccc(CCNCc2ccc(OCc3c(F)cccc3Cl)c(OC)c2)cc1.Cl. The first kappa shape index (κ1) is 24.8. The summed E-state index contributed by atoms with van der Waals surface area (Å²) in [5.74, 6) is 1.60. The lowest BCUT2D eigenvalue weighted by molar-refractivity contribution is 0.279. The van der Waals surface area contributed by atoms with Gasteiger partial charge < -0.3 is 19.5 Å². The Morgan fingerprint density at radius 1 is 0.903 bits per heavy atom. The first-order valence-electron chi connectivity index (χ1n) is 9.67. The van der Waals surface area contributed by atoms with Crippen LogP contribution in [0.4, 0.5) is 4.39 Å². The Bertz CT molecular complexity index is 947. The molecule has 0 spiro atoms. The molecule has 0 bridgehead atoms. The predicted octanol–water partition coefficient (Wildman–Crippen LogP) is 5.83. The number of benzene rings is 3. The van der Waals surface area contributed by atoms with E-state index >= 15 is 0 Å². The van der Waals surface area contributed by atoms with Gasteiger partial charge >= 0.3 is 0 Å². The van der Waals surface area contributed by atoms with Gasteiger partial charge in [0.1, 0.15) is 18.2 Å². The summed E-state index contributed by atoms with van der Waals surface area (Å²) >= 11 is 6.06. The van der Waals surface area contributed by atoms with Gasteiger partial charge in [-0.25, -0.2) is 4.39 Å². The van der Waals surface area contributed by atoms with Gasteiger partial charge in [0.2, 0.25) is 0 Å². The molecule has 3 aromatic rings. The largest absolute Gasteiger partial charge is 0.497 e. The molecule has 0 heterocycles. The van der Waals surface area contributed by atoms with Crippen LogP contribution in [0.25, 0.3) is 0 Å². The Hall–Kier alpha value is -2.47. The minimum atomic E-state index is -0.390. The lowest BCUT2D eigenvalue weighted by atomic mass is 10.1. The molecule has 0 saturated heterocycles. The van der Waals surface area contributed by atoms with E-state index in [2.05, 4.69) is 17.4 Å². The third kappa shape index (κ3) is 7.03. The van der Waals surface area contributed by atoms with Crippen molar-refractivity contribution in [2.24, 2.45) is 0 Å². The van der Waals surface area contributed by atoms with Crippen LogP contribution >= 0.6 is 24.0 Å². The number of halogens is 3. The zero-order valence-corrected chi connectivity index (χ0v) is 19.1. The second-order valence-corrected chi connectivity index (χ2v) is 7.16. The Kier molecular flexibility index (Phi) is 9.92. The van der Waals surface area contributed by atoms with Crippen molar-refractivity contribution in [3.8, 4) is 17.2 Å². The van der Waals surface area contributed by atoms with Crippen LogP contribution in [-0.4, -0.2) is 20.8 Å². The molecule has 0 aliphatic rings. The van der Waals surface area contributed by atoms with Crippen molar-refractivity contribution < 1.29 is 18.6 Å². The monoisotopic (exact) mass is 465 g/mol. The lowest BCUT2D eigenvalue weighted by Gasteiger charge is -2.14. The van der Waals surface area contributed by atoms with Crippen molar-refractivity contribution in [2.45, 2.75) is 19.6 Å². The summed E-state index contributed by atoms with van der Waals surface area (Å²) in [6.45, 7) is 1.58. The average molecular weight is 466 g/mol. The van der Waals surface area contributed by atoms with Crippen molar-refractivity contribution >= 4 is 24.0 Å². The summed E-state index contributed by atoms with van der Waals surface area (Å²) in [6, 6.07) is 18.3. The van der Waals surface area contributed by atoms with Gasteiger partial charge in [0.25, 0.3) is 0 Å². The van der Waals surface area contributed by atoms with E-state index in [1.54, 1.807) is 26.4 Å². The van der Waals surface area contributed by atoms with E-state index in [0.717, 1.165) is 24.3 Å². The maximum atomic E-state index is 13.9. The highest BCUT2D eigenvalue weighted by Gasteiger charge is 2.11. The van der Waals surface area contributed by atoms with Gasteiger partial charge in [-0.2, -0.15) is 0 Å². The van der Waals surface area contributed by atoms with E-state index in [-0.39, 0.29) is 24.8 Å². The van der Waals surface area contributed by atoms with Gasteiger partial charge in [0.15, 0.2) is 11.5 Å². The highest BCUT2D eigenvalue weighted by Crippen LogP contribution is 2.30. The molecule has 1 N–H and O–H groups in total. The van der Waals surface area contributed by atoms with Crippen molar-refractivity contribution in [3.05, 3.63) is 88.2 Å². The molecule has 31 heavy (non-hydrogen) atoms. The number of methoxy groups -OCH3 is 2. The molecule has 0 aromatic heterocycles. The van der Waals surface area contributed by atoms with Gasteiger partial charge in [0.05, 0.1) is 19.2 Å². The smallest absolute Gasteiger partial charge is 0.161 e. The minimum absolute atomic E-state index is 0.